The summed E-state index contributed by atoms with van der Waals surface area (Å²) >= 11 is 8.12. The van der Waals surface area contributed by atoms with Gasteiger partial charge in [-0.2, -0.15) is 0 Å². The molecule has 1 aliphatic rings. The Morgan fingerprint density at radius 2 is 2.05 bits per heavy atom. The van der Waals surface area contributed by atoms with E-state index in [0.717, 1.165) is 29.3 Å². The Bertz CT molecular complexity index is 473. The van der Waals surface area contributed by atoms with E-state index in [1.54, 1.807) is 12.1 Å². The zero-order valence-corrected chi connectivity index (χ0v) is 13.5. The van der Waals surface area contributed by atoms with Crippen LogP contribution in [0.25, 0.3) is 0 Å². The number of carbonyl (C=O) groups excluding carboxylic acids is 1. The number of aliphatic hydroxyl groups is 1. The molecule has 0 aromatic heterocycles. The van der Waals surface area contributed by atoms with E-state index in [-0.39, 0.29) is 5.91 Å². The lowest BCUT2D eigenvalue weighted by Gasteiger charge is -2.32. The molecule has 3 nitrogen and oxygen atoms in total. The van der Waals surface area contributed by atoms with Crippen LogP contribution in [0.4, 0.5) is 0 Å². The molecule has 0 heterocycles. The van der Waals surface area contributed by atoms with Gasteiger partial charge in [-0.05, 0) is 53.6 Å². The Kier molecular flexibility index (Phi) is 5.09. The van der Waals surface area contributed by atoms with Gasteiger partial charge in [0.05, 0.1) is 10.6 Å². The highest BCUT2D eigenvalue weighted by Crippen LogP contribution is 2.27. The third-order valence-electron chi connectivity index (χ3n) is 3.54. The van der Waals surface area contributed by atoms with Crippen molar-refractivity contribution in [3.05, 3.63) is 32.4 Å². The van der Waals surface area contributed by atoms with Crippen molar-refractivity contribution in [1.82, 2.24) is 5.32 Å². The fraction of sp³-hybridized carbons (Fsp3) is 0.500. The van der Waals surface area contributed by atoms with Gasteiger partial charge in [-0.3, -0.25) is 4.79 Å². The first-order valence-corrected chi connectivity index (χ1v) is 7.91. The molecular formula is C14H17ClINO2. The lowest BCUT2D eigenvalue weighted by atomic mass is 9.85. The molecule has 0 unspecified atom stereocenters. The minimum Gasteiger partial charge on any atom is -0.388 e. The van der Waals surface area contributed by atoms with Gasteiger partial charge in [0, 0.05) is 15.7 Å². The van der Waals surface area contributed by atoms with E-state index >= 15 is 0 Å². The molecule has 19 heavy (non-hydrogen) atoms. The molecule has 2 N–H and O–H groups in total. The van der Waals surface area contributed by atoms with Crippen molar-refractivity contribution in [2.24, 2.45) is 0 Å². The number of nitrogens with one attached hydrogen (secondary N) is 1. The van der Waals surface area contributed by atoms with Crippen molar-refractivity contribution in [2.45, 2.75) is 37.7 Å². The van der Waals surface area contributed by atoms with Gasteiger partial charge in [0.2, 0.25) is 0 Å². The molecule has 1 aliphatic carbocycles. The topological polar surface area (TPSA) is 49.3 Å². The van der Waals surface area contributed by atoms with Gasteiger partial charge in [-0.1, -0.05) is 30.9 Å². The first kappa shape index (κ1) is 15.1. The number of amides is 1. The first-order chi connectivity index (χ1) is 9.00. The summed E-state index contributed by atoms with van der Waals surface area (Å²) in [5, 5.41) is 13.7. The van der Waals surface area contributed by atoms with Crippen molar-refractivity contribution in [2.75, 3.05) is 6.54 Å². The monoisotopic (exact) mass is 393 g/mol. The van der Waals surface area contributed by atoms with Crippen LogP contribution in [0.1, 0.15) is 42.5 Å². The van der Waals surface area contributed by atoms with Crippen LogP contribution in [-0.2, 0) is 0 Å². The van der Waals surface area contributed by atoms with Crippen LogP contribution in [0.5, 0.6) is 0 Å². The molecule has 104 valence electrons. The van der Waals surface area contributed by atoms with E-state index in [4.69, 9.17) is 11.6 Å². The number of hydrogen-bond donors (Lipinski definition) is 2. The predicted molar refractivity (Wildman–Crippen MR) is 84.5 cm³/mol. The summed E-state index contributed by atoms with van der Waals surface area (Å²) in [6.07, 6.45) is 4.76. The summed E-state index contributed by atoms with van der Waals surface area (Å²) in [7, 11) is 0. The van der Waals surface area contributed by atoms with Crippen molar-refractivity contribution in [3.63, 3.8) is 0 Å². The van der Waals surface area contributed by atoms with Crippen LogP contribution >= 0.6 is 34.2 Å². The smallest absolute Gasteiger partial charge is 0.251 e. The predicted octanol–water partition coefficient (Wildman–Crippen LogP) is 3.37. The molecule has 5 heteroatoms. The van der Waals surface area contributed by atoms with Gasteiger partial charge >= 0.3 is 0 Å². The number of halogens is 2. The molecule has 1 saturated carbocycles. The summed E-state index contributed by atoms with van der Waals surface area (Å²) in [6, 6.07) is 5.21. The van der Waals surface area contributed by atoms with Crippen LogP contribution in [0.15, 0.2) is 18.2 Å². The molecule has 1 aromatic carbocycles. The number of rotatable bonds is 3. The molecule has 1 fully saturated rings. The second-order valence-electron chi connectivity index (χ2n) is 5.10. The lowest BCUT2D eigenvalue weighted by Crippen LogP contribution is -2.44. The van der Waals surface area contributed by atoms with Crippen molar-refractivity contribution < 1.29 is 9.90 Å². The molecular weight excluding hydrogens is 377 g/mol. The summed E-state index contributed by atoms with van der Waals surface area (Å²) < 4.78 is 0.918. The second-order valence-corrected chi connectivity index (χ2v) is 6.67. The van der Waals surface area contributed by atoms with Crippen LogP contribution in [0, 0.1) is 3.57 Å². The number of hydrogen-bond acceptors (Lipinski definition) is 2. The van der Waals surface area contributed by atoms with Gasteiger partial charge in [0.25, 0.3) is 5.91 Å². The van der Waals surface area contributed by atoms with Crippen LogP contribution in [0.3, 0.4) is 0 Å². The van der Waals surface area contributed by atoms with Crippen LogP contribution < -0.4 is 5.32 Å². The zero-order chi connectivity index (χ0) is 13.9. The normalized spacial score (nSPS) is 18.1. The summed E-state index contributed by atoms with van der Waals surface area (Å²) in [4.78, 5) is 12.0. The van der Waals surface area contributed by atoms with E-state index in [1.165, 1.54) is 6.42 Å². The van der Waals surface area contributed by atoms with E-state index in [2.05, 4.69) is 27.9 Å². The van der Waals surface area contributed by atoms with E-state index in [0.29, 0.717) is 17.1 Å². The molecule has 0 spiro atoms. The molecule has 0 saturated heterocycles. The average Bonchev–Trinajstić information content (AvgIpc) is 2.40. The van der Waals surface area contributed by atoms with Gasteiger partial charge < -0.3 is 10.4 Å². The van der Waals surface area contributed by atoms with E-state index in [9.17, 15) is 9.90 Å². The number of benzene rings is 1. The highest BCUT2D eigenvalue weighted by Gasteiger charge is 2.29. The van der Waals surface area contributed by atoms with Crippen LogP contribution in [-0.4, -0.2) is 23.2 Å². The molecule has 0 aliphatic heterocycles. The van der Waals surface area contributed by atoms with Gasteiger partial charge in [-0.15, -0.1) is 0 Å². The fourth-order valence-corrected chi connectivity index (χ4v) is 2.89. The Balaban J connectivity index is 1.95. The average molecular weight is 394 g/mol. The Labute approximate surface area is 131 Å². The fourth-order valence-electron chi connectivity index (χ4n) is 2.37. The largest absolute Gasteiger partial charge is 0.388 e. The minimum atomic E-state index is -0.735. The second kappa shape index (κ2) is 6.41. The molecule has 0 atom stereocenters. The number of carbonyl (C=O) groups is 1. The third kappa shape index (κ3) is 4.07. The standard InChI is InChI=1S/C14H17ClINO2/c15-11-8-10(4-5-12(11)16)13(18)17-9-14(19)6-2-1-3-7-14/h4-5,8,19H,1-3,6-7,9H2,(H,17,18). The van der Waals surface area contributed by atoms with Crippen molar-refractivity contribution in [3.8, 4) is 0 Å². The maximum Gasteiger partial charge on any atom is 0.251 e. The molecule has 0 bridgehead atoms. The molecule has 2 rings (SSSR count). The Hall–Kier alpha value is -0.330. The molecule has 0 radical (unpaired) electrons. The zero-order valence-electron chi connectivity index (χ0n) is 10.6. The summed E-state index contributed by atoms with van der Waals surface area (Å²) in [5.41, 5.74) is -0.203. The van der Waals surface area contributed by atoms with Gasteiger partial charge in [0.1, 0.15) is 0 Å². The van der Waals surface area contributed by atoms with E-state index in [1.807, 2.05) is 6.07 Å². The minimum absolute atomic E-state index is 0.183. The maximum absolute atomic E-state index is 12.0. The summed E-state index contributed by atoms with van der Waals surface area (Å²) in [6.45, 7) is 0.315. The van der Waals surface area contributed by atoms with Crippen molar-refractivity contribution >= 4 is 40.1 Å². The van der Waals surface area contributed by atoms with Crippen LogP contribution in [0.2, 0.25) is 5.02 Å². The lowest BCUT2D eigenvalue weighted by molar-refractivity contribution is 0.00526. The maximum atomic E-state index is 12.0. The first-order valence-electron chi connectivity index (χ1n) is 6.46. The highest BCUT2D eigenvalue weighted by molar-refractivity contribution is 14.1. The SMILES string of the molecule is O=C(NCC1(O)CCCCC1)c1ccc(I)c(Cl)c1. The summed E-state index contributed by atoms with van der Waals surface area (Å²) in [5.74, 6) is -0.183. The van der Waals surface area contributed by atoms with Crippen molar-refractivity contribution in [1.29, 1.82) is 0 Å². The van der Waals surface area contributed by atoms with Gasteiger partial charge in [0.15, 0.2) is 0 Å². The van der Waals surface area contributed by atoms with E-state index < -0.39 is 5.60 Å². The third-order valence-corrected chi connectivity index (χ3v) is 5.12. The Morgan fingerprint density at radius 3 is 2.68 bits per heavy atom. The van der Waals surface area contributed by atoms with Gasteiger partial charge in [-0.25, -0.2) is 0 Å². The Morgan fingerprint density at radius 1 is 1.37 bits per heavy atom. The highest BCUT2D eigenvalue weighted by atomic mass is 127. The molecule has 1 aromatic rings. The quantitative estimate of drug-likeness (QED) is 0.774. The molecule has 1 amide bonds.